The van der Waals surface area contributed by atoms with E-state index in [-0.39, 0.29) is 0 Å². The van der Waals surface area contributed by atoms with Crippen LogP contribution in [0.3, 0.4) is 0 Å². The van der Waals surface area contributed by atoms with Crippen LogP contribution >= 0.6 is 11.8 Å². The van der Waals surface area contributed by atoms with Crippen molar-refractivity contribution in [3.63, 3.8) is 0 Å². The zero-order valence-corrected chi connectivity index (χ0v) is 9.21. The molecule has 0 amide bonds. The lowest BCUT2D eigenvalue weighted by atomic mass is 10.6. The number of rotatable bonds is 3. The molecule has 5 nitrogen and oxygen atoms in total. The van der Waals surface area contributed by atoms with Crippen LogP contribution in [0.4, 0.5) is 5.95 Å². The van der Waals surface area contributed by atoms with Gasteiger partial charge < -0.3 is 9.73 Å². The molecular weight excluding hydrogens is 212 g/mol. The van der Waals surface area contributed by atoms with Crippen LogP contribution in [0.15, 0.2) is 33.2 Å². The zero-order chi connectivity index (χ0) is 10.7. The maximum atomic E-state index is 5.21. The van der Waals surface area contributed by atoms with E-state index in [1.54, 1.807) is 19.5 Å². The molecule has 0 atom stereocenters. The standard InChI is InChI=1S/C9H10N4OS/c1-6-5-14-9(12-6)15-7-3-4-11-8(10-2)13-7/h3-5H,1-2H3,(H,10,11,13). The number of nitrogens with zero attached hydrogens (tertiary/aromatic N) is 3. The van der Waals surface area contributed by atoms with Crippen LogP contribution in [-0.4, -0.2) is 22.0 Å². The highest BCUT2D eigenvalue weighted by atomic mass is 32.2. The minimum Gasteiger partial charge on any atom is -0.439 e. The summed E-state index contributed by atoms with van der Waals surface area (Å²) in [7, 11) is 1.78. The van der Waals surface area contributed by atoms with Crippen LogP contribution in [0.2, 0.25) is 0 Å². The fraction of sp³-hybridized carbons (Fsp3) is 0.222. The average molecular weight is 222 g/mol. The normalized spacial score (nSPS) is 10.3. The number of oxazole rings is 1. The van der Waals surface area contributed by atoms with Gasteiger partial charge in [-0.15, -0.1) is 0 Å². The van der Waals surface area contributed by atoms with Crippen LogP contribution in [0.5, 0.6) is 0 Å². The fourth-order valence-corrected chi connectivity index (χ4v) is 1.71. The van der Waals surface area contributed by atoms with Crippen LogP contribution in [-0.2, 0) is 0 Å². The molecule has 0 aliphatic carbocycles. The Morgan fingerprint density at radius 3 is 2.93 bits per heavy atom. The Labute approximate surface area is 91.3 Å². The molecule has 0 radical (unpaired) electrons. The lowest BCUT2D eigenvalue weighted by molar-refractivity contribution is 0.454. The molecule has 0 unspecified atom stereocenters. The summed E-state index contributed by atoms with van der Waals surface area (Å²) < 4.78 is 5.21. The number of anilines is 1. The first-order chi connectivity index (χ1) is 7.28. The number of aromatic nitrogens is 3. The van der Waals surface area contributed by atoms with Crippen molar-refractivity contribution < 1.29 is 4.42 Å². The second-order valence-corrected chi connectivity index (χ2v) is 3.80. The van der Waals surface area contributed by atoms with Gasteiger partial charge in [-0.25, -0.2) is 15.0 Å². The highest BCUT2D eigenvalue weighted by molar-refractivity contribution is 7.99. The second-order valence-electron chi connectivity index (χ2n) is 2.83. The molecular formula is C9H10N4OS. The predicted octanol–water partition coefficient (Wildman–Crippen LogP) is 1.97. The third-order valence-electron chi connectivity index (χ3n) is 1.64. The van der Waals surface area contributed by atoms with E-state index < -0.39 is 0 Å². The van der Waals surface area contributed by atoms with Gasteiger partial charge in [0.15, 0.2) is 0 Å². The summed E-state index contributed by atoms with van der Waals surface area (Å²) in [6, 6.07) is 1.81. The lowest BCUT2D eigenvalue weighted by Gasteiger charge is -1.99. The van der Waals surface area contributed by atoms with E-state index in [4.69, 9.17) is 4.42 Å². The summed E-state index contributed by atoms with van der Waals surface area (Å²) in [5.41, 5.74) is 0.861. The molecule has 0 bridgehead atoms. The summed E-state index contributed by atoms with van der Waals surface area (Å²) in [5, 5.41) is 4.26. The van der Waals surface area contributed by atoms with E-state index in [0.29, 0.717) is 11.2 Å². The summed E-state index contributed by atoms with van der Waals surface area (Å²) >= 11 is 1.37. The van der Waals surface area contributed by atoms with Crippen molar-refractivity contribution in [1.29, 1.82) is 0 Å². The van der Waals surface area contributed by atoms with Crippen molar-refractivity contribution in [3.8, 4) is 0 Å². The van der Waals surface area contributed by atoms with E-state index in [9.17, 15) is 0 Å². The highest BCUT2D eigenvalue weighted by Gasteiger charge is 2.05. The van der Waals surface area contributed by atoms with Gasteiger partial charge in [-0.2, -0.15) is 0 Å². The van der Waals surface area contributed by atoms with E-state index in [0.717, 1.165) is 10.7 Å². The molecule has 0 aliphatic rings. The molecule has 6 heteroatoms. The van der Waals surface area contributed by atoms with Crippen molar-refractivity contribution in [2.75, 3.05) is 12.4 Å². The Morgan fingerprint density at radius 2 is 2.27 bits per heavy atom. The summed E-state index contributed by atoms with van der Waals surface area (Å²) in [5.74, 6) is 0.586. The molecule has 2 aromatic heterocycles. The largest absolute Gasteiger partial charge is 0.439 e. The maximum Gasteiger partial charge on any atom is 0.262 e. The first-order valence-electron chi connectivity index (χ1n) is 4.38. The van der Waals surface area contributed by atoms with Crippen LogP contribution in [0.1, 0.15) is 5.69 Å². The molecule has 0 aliphatic heterocycles. The van der Waals surface area contributed by atoms with Crippen molar-refractivity contribution in [1.82, 2.24) is 15.0 Å². The minimum absolute atomic E-state index is 0.586. The first-order valence-corrected chi connectivity index (χ1v) is 5.20. The third kappa shape index (κ3) is 2.47. The summed E-state index contributed by atoms with van der Waals surface area (Å²) in [4.78, 5) is 12.4. The minimum atomic E-state index is 0.586. The second kappa shape index (κ2) is 4.31. The first kappa shape index (κ1) is 9.97. The number of hydrogen-bond acceptors (Lipinski definition) is 6. The van der Waals surface area contributed by atoms with Crippen LogP contribution in [0, 0.1) is 6.92 Å². The van der Waals surface area contributed by atoms with Gasteiger partial charge in [-0.1, -0.05) is 0 Å². The number of hydrogen-bond donors (Lipinski definition) is 1. The van der Waals surface area contributed by atoms with Gasteiger partial charge in [-0.3, -0.25) is 0 Å². The molecule has 0 aromatic carbocycles. The van der Waals surface area contributed by atoms with E-state index in [1.165, 1.54) is 11.8 Å². The Hall–Kier alpha value is -1.56. The topological polar surface area (TPSA) is 63.8 Å². The highest BCUT2D eigenvalue weighted by Crippen LogP contribution is 2.25. The van der Waals surface area contributed by atoms with Crippen LogP contribution < -0.4 is 5.32 Å². The molecule has 0 spiro atoms. The van der Waals surface area contributed by atoms with Gasteiger partial charge in [0.05, 0.1) is 5.69 Å². The van der Waals surface area contributed by atoms with Gasteiger partial charge in [0.2, 0.25) is 5.95 Å². The average Bonchev–Trinajstić information content (AvgIpc) is 2.64. The molecule has 0 saturated carbocycles. The van der Waals surface area contributed by atoms with Crippen LogP contribution in [0.25, 0.3) is 0 Å². The predicted molar refractivity (Wildman–Crippen MR) is 56.9 cm³/mol. The quantitative estimate of drug-likeness (QED) is 0.801. The monoisotopic (exact) mass is 222 g/mol. The van der Waals surface area contributed by atoms with E-state index in [2.05, 4.69) is 20.3 Å². The van der Waals surface area contributed by atoms with Gasteiger partial charge in [-0.05, 0) is 24.8 Å². The molecule has 78 valence electrons. The Bertz CT molecular complexity index is 457. The van der Waals surface area contributed by atoms with Crippen molar-refractivity contribution in [3.05, 3.63) is 24.2 Å². The molecule has 0 fully saturated rings. The summed E-state index contributed by atoms with van der Waals surface area (Å²) in [6.45, 7) is 1.88. The lowest BCUT2D eigenvalue weighted by Crippen LogP contribution is -1.95. The SMILES string of the molecule is CNc1nccc(Sc2nc(C)co2)n1. The molecule has 15 heavy (non-hydrogen) atoms. The Kier molecular flexibility index (Phi) is 2.86. The van der Waals surface area contributed by atoms with Crippen molar-refractivity contribution >= 4 is 17.7 Å². The Balaban J connectivity index is 2.16. The Morgan fingerprint density at radius 1 is 1.40 bits per heavy atom. The number of nitrogens with one attached hydrogen (secondary N) is 1. The fourth-order valence-electron chi connectivity index (χ4n) is 0.988. The van der Waals surface area contributed by atoms with Crippen molar-refractivity contribution in [2.45, 2.75) is 17.2 Å². The van der Waals surface area contributed by atoms with Gasteiger partial charge in [0, 0.05) is 13.2 Å². The maximum absolute atomic E-state index is 5.21. The van der Waals surface area contributed by atoms with E-state index in [1.807, 2.05) is 13.0 Å². The van der Waals surface area contributed by atoms with Gasteiger partial charge in [0.1, 0.15) is 11.3 Å². The summed E-state index contributed by atoms with van der Waals surface area (Å²) in [6.07, 6.45) is 3.31. The number of aryl methyl sites for hydroxylation is 1. The molecule has 0 saturated heterocycles. The zero-order valence-electron chi connectivity index (χ0n) is 8.39. The van der Waals surface area contributed by atoms with Crippen molar-refractivity contribution in [2.24, 2.45) is 0 Å². The van der Waals surface area contributed by atoms with Gasteiger partial charge in [0.25, 0.3) is 5.22 Å². The van der Waals surface area contributed by atoms with Gasteiger partial charge >= 0.3 is 0 Å². The third-order valence-corrected chi connectivity index (χ3v) is 2.44. The molecule has 2 heterocycles. The molecule has 1 N–H and O–H groups in total. The van der Waals surface area contributed by atoms with E-state index >= 15 is 0 Å². The molecule has 2 aromatic rings. The molecule has 2 rings (SSSR count). The smallest absolute Gasteiger partial charge is 0.262 e.